The molecule has 0 saturated carbocycles. The maximum Gasteiger partial charge on any atom is 0.259 e. The molecule has 3 heterocycles. The molecule has 0 amide bonds. The molecule has 2 aromatic carbocycles. The fourth-order valence-corrected chi connectivity index (χ4v) is 5.86. The van der Waals surface area contributed by atoms with Crippen molar-refractivity contribution in [3.63, 3.8) is 0 Å². The Balaban J connectivity index is 1.34. The number of nitrogens with one attached hydrogen (secondary N) is 1. The standard InChI is InChI=1S/C21H17N5OS3/c1-12-6-5-7-15(13(12)2)23-19-24-25-21(30-19)28-11-14-10-18(27)26-16-8-3-4-9-17(16)29-20(26)22-14/h3-10H,11H2,1-2H3,(H,23,24). The Bertz CT molecular complexity index is 1440. The van der Waals surface area contributed by atoms with Crippen LogP contribution in [0.5, 0.6) is 0 Å². The number of nitrogens with zero attached hydrogens (tertiary/aromatic N) is 4. The van der Waals surface area contributed by atoms with Gasteiger partial charge in [-0.1, -0.05) is 58.7 Å². The van der Waals surface area contributed by atoms with Crippen molar-refractivity contribution >= 4 is 60.4 Å². The van der Waals surface area contributed by atoms with Gasteiger partial charge in [-0.15, -0.1) is 10.2 Å². The van der Waals surface area contributed by atoms with Crippen LogP contribution in [0.4, 0.5) is 10.8 Å². The highest BCUT2D eigenvalue weighted by Gasteiger charge is 2.11. The minimum atomic E-state index is -0.0532. The van der Waals surface area contributed by atoms with Crippen molar-refractivity contribution in [2.45, 2.75) is 23.9 Å². The van der Waals surface area contributed by atoms with Crippen LogP contribution < -0.4 is 10.9 Å². The fourth-order valence-electron chi connectivity index (χ4n) is 3.15. The lowest BCUT2D eigenvalue weighted by Crippen LogP contribution is -2.13. The zero-order chi connectivity index (χ0) is 20.7. The first-order valence-electron chi connectivity index (χ1n) is 9.28. The van der Waals surface area contributed by atoms with Crippen LogP contribution in [-0.2, 0) is 5.75 Å². The van der Waals surface area contributed by atoms with E-state index in [0.29, 0.717) is 10.7 Å². The van der Waals surface area contributed by atoms with Crippen LogP contribution >= 0.6 is 34.4 Å². The first-order valence-corrected chi connectivity index (χ1v) is 11.9. The first kappa shape index (κ1) is 19.2. The van der Waals surface area contributed by atoms with Gasteiger partial charge in [-0.05, 0) is 43.2 Å². The van der Waals surface area contributed by atoms with Gasteiger partial charge in [-0.2, -0.15) is 0 Å². The van der Waals surface area contributed by atoms with Gasteiger partial charge in [0.05, 0.1) is 15.9 Å². The van der Waals surface area contributed by atoms with Crippen LogP contribution in [0.2, 0.25) is 0 Å². The van der Waals surface area contributed by atoms with Crippen molar-refractivity contribution < 1.29 is 0 Å². The number of rotatable bonds is 5. The van der Waals surface area contributed by atoms with E-state index in [1.54, 1.807) is 10.5 Å². The molecule has 0 aliphatic carbocycles. The summed E-state index contributed by atoms with van der Waals surface area (Å²) in [7, 11) is 0. The number of anilines is 2. The van der Waals surface area contributed by atoms with Crippen LogP contribution in [0.15, 0.2) is 57.7 Å². The number of aromatic nitrogens is 4. The molecular formula is C21H17N5OS3. The van der Waals surface area contributed by atoms with Crippen LogP contribution in [0.3, 0.4) is 0 Å². The van der Waals surface area contributed by atoms with Crippen molar-refractivity contribution in [3.05, 3.63) is 75.7 Å². The second kappa shape index (κ2) is 7.82. The van der Waals surface area contributed by atoms with Crippen molar-refractivity contribution in [1.82, 2.24) is 19.6 Å². The average Bonchev–Trinajstić information content (AvgIpc) is 3.34. The van der Waals surface area contributed by atoms with Gasteiger partial charge in [-0.3, -0.25) is 9.20 Å². The molecule has 5 aromatic rings. The summed E-state index contributed by atoms with van der Waals surface area (Å²) in [6.07, 6.45) is 0. The zero-order valence-electron chi connectivity index (χ0n) is 16.2. The third-order valence-electron chi connectivity index (χ3n) is 4.84. The fraction of sp³-hybridized carbons (Fsp3) is 0.143. The molecule has 9 heteroatoms. The summed E-state index contributed by atoms with van der Waals surface area (Å²) in [6, 6.07) is 15.6. The molecule has 0 saturated heterocycles. The Morgan fingerprint density at radius 1 is 1.07 bits per heavy atom. The van der Waals surface area contributed by atoms with Crippen molar-refractivity contribution in [3.8, 4) is 0 Å². The molecule has 0 spiro atoms. The lowest BCUT2D eigenvalue weighted by atomic mass is 10.1. The Hall–Kier alpha value is -2.75. The molecule has 0 aliphatic heterocycles. The van der Waals surface area contributed by atoms with E-state index >= 15 is 0 Å². The third-order valence-corrected chi connectivity index (χ3v) is 7.87. The van der Waals surface area contributed by atoms with E-state index in [0.717, 1.165) is 31.1 Å². The second-order valence-corrected chi connectivity index (χ2v) is 10.0. The quantitative estimate of drug-likeness (QED) is 0.360. The van der Waals surface area contributed by atoms with E-state index in [1.807, 2.05) is 36.4 Å². The van der Waals surface area contributed by atoms with E-state index in [-0.39, 0.29) is 5.56 Å². The van der Waals surface area contributed by atoms with Gasteiger partial charge in [-0.25, -0.2) is 4.98 Å². The van der Waals surface area contributed by atoms with E-state index in [4.69, 9.17) is 0 Å². The third kappa shape index (κ3) is 3.60. The van der Waals surface area contributed by atoms with Gasteiger partial charge in [0.1, 0.15) is 0 Å². The molecule has 0 atom stereocenters. The van der Waals surface area contributed by atoms with Crippen molar-refractivity contribution in [2.75, 3.05) is 5.32 Å². The number of hydrogen-bond acceptors (Lipinski definition) is 8. The molecule has 0 aliphatic rings. The van der Waals surface area contributed by atoms with Crippen LogP contribution in [0, 0.1) is 13.8 Å². The Kier molecular flexibility index (Phi) is 5.01. The SMILES string of the molecule is Cc1cccc(Nc2nnc(SCc3cc(=O)n4c(n3)sc3ccccc34)s2)c1C. The largest absolute Gasteiger partial charge is 0.330 e. The Morgan fingerprint density at radius 2 is 1.93 bits per heavy atom. The smallest absolute Gasteiger partial charge is 0.259 e. The van der Waals surface area contributed by atoms with Crippen LogP contribution in [0.1, 0.15) is 16.8 Å². The molecule has 3 aromatic heterocycles. The van der Waals surface area contributed by atoms with Gasteiger partial charge in [0.15, 0.2) is 9.30 Å². The Morgan fingerprint density at radius 3 is 2.83 bits per heavy atom. The van der Waals surface area contributed by atoms with Gasteiger partial charge in [0, 0.05) is 17.5 Å². The maximum absolute atomic E-state index is 12.6. The maximum atomic E-state index is 12.6. The predicted octanol–water partition coefficient (Wildman–Crippen LogP) is 5.41. The van der Waals surface area contributed by atoms with Gasteiger partial charge < -0.3 is 5.32 Å². The number of thioether (sulfide) groups is 1. The predicted molar refractivity (Wildman–Crippen MR) is 126 cm³/mol. The van der Waals surface area contributed by atoms with E-state index in [9.17, 15) is 4.79 Å². The summed E-state index contributed by atoms with van der Waals surface area (Å²) in [5.41, 5.74) is 5.06. The lowest BCUT2D eigenvalue weighted by Gasteiger charge is -2.08. The monoisotopic (exact) mass is 451 g/mol. The summed E-state index contributed by atoms with van der Waals surface area (Å²) < 4.78 is 3.56. The molecule has 0 fully saturated rings. The number of fused-ring (bicyclic) bond motifs is 3. The Labute approximate surface area is 184 Å². The molecule has 1 N–H and O–H groups in total. The second-order valence-electron chi connectivity index (χ2n) is 6.81. The highest BCUT2D eigenvalue weighted by molar-refractivity contribution is 8.00. The lowest BCUT2D eigenvalue weighted by molar-refractivity contribution is 1.01. The molecule has 0 unspecified atom stereocenters. The molecule has 5 rings (SSSR count). The highest BCUT2D eigenvalue weighted by atomic mass is 32.2. The number of benzene rings is 2. The summed E-state index contributed by atoms with van der Waals surface area (Å²) >= 11 is 4.56. The van der Waals surface area contributed by atoms with Crippen LogP contribution in [-0.4, -0.2) is 19.6 Å². The average molecular weight is 452 g/mol. The minimum absolute atomic E-state index is 0.0532. The summed E-state index contributed by atoms with van der Waals surface area (Å²) in [5, 5.41) is 12.6. The van der Waals surface area contributed by atoms with E-state index in [2.05, 4.69) is 40.4 Å². The topological polar surface area (TPSA) is 72.2 Å². The van der Waals surface area contributed by atoms with E-state index in [1.165, 1.54) is 45.6 Å². The molecule has 6 nitrogen and oxygen atoms in total. The van der Waals surface area contributed by atoms with Crippen molar-refractivity contribution in [1.29, 1.82) is 0 Å². The normalized spacial score (nSPS) is 11.4. The summed E-state index contributed by atoms with van der Waals surface area (Å²) in [6.45, 7) is 4.17. The highest BCUT2D eigenvalue weighted by Crippen LogP contribution is 2.31. The summed E-state index contributed by atoms with van der Waals surface area (Å²) in [4.78, 5) is 18.0. The van der Waals surface area contributed by atoms with Gasteiger partial charge >= 0.3 is 0 Å². The zero-order valence-corrected chi connectivity index (χ0v) is 18.7. The van der Waals surface area contributed by atoms with Crippen molar-refractivity contribution in [2.24, 2.45) is 0 Å². The van der Waals surface area contributed by atoms with Crippen LogP contribution in [0.25, 0.3) is 15.2 Å². The number of para-hydroxylation sites is 1. The van der Waals surface area contributed by atoms with Gasteiger partial charge in [0.25, 0.3) is 5.56 Å². The summed E-state index contributed by atoms with van der Waals surface area (Å²) in [5.74, 6) is 0.568. The van der Waals surface area contributed by atoms with Gasteiger partial charge in [0.2, 0.25) is 5.13 Å². The molecule has 0 bridgehead atoms. The molecular weight excluding hydrogens is 434 g/mol. The number of hydrogen-bond donors (Lipinski definition) is 1. The number of thiazole rings is 1. The number of aryl methyl sites for hydroxylation is 1. The molecule has 30 heavy (non-hydrogen) atoms. The molecule has 150 valence electrons. The van der Waals surface area contributed by atoms with E-state index < -0.39 is 0 Å². The first-order chi connectivity index (χ1) is 14.6. The minimum Gasteiger partial charge on any atom is -0.330 e. The molecule has 0 radical (unpaired) electrons.